The van der Waals surface area contributed by atoms with Crippen LogP contribution in [-0.4, -0.2) is 28.2 Å². The molecule has 0 saturated carbocycles. The lowest BCUT2D eigenvalue weighted by Crippen LogP contribution is -2.33. The van der Waals surface area contributed by atoms with Crippen molar-refractivity contribution in [2.75, 3.05) is 6.54 Å². The molecule has 0 unspecified atom stereocenters. The van der Waals surface area contributed by atoms with Crippen LogP contribution >= 0.6 is 11.6 Å². The van der Waals surface area contributed by atoms with E-state index in [2.05, 4.69) is 4.98 Å². The lowest BCUT2D eigenvalue weighted by molar-refractivity contribution is -0.132. The molecule has 150 valence electrons. The maximum absolute atomic E-state index is 12.7. The molecule has 0 fully saturated rings. The minimum atomic E-state index is -0.437. The number of oxazole rings is 1. The molecule has 2 N–H and O–H groups in total. The van der Waals surface area contributed by atoms with E-state index in [-0.39, 0.29) is 25.3 Å². The summed E-state index contributed by atoms with van der Waals surface area (Å²) in [7, 11) is 0. The zero-order chi connectivity index (χ0) is 20.6. The minimum absolute atomic E-state index is 0.0902. The molecule has 0 aliphatic rings. The van der Waals surface area contributed by atoms with Crippen LogP contribution in [0.15, 0.2) is 65.2 Å². The van der Waals surface area contributed by atoms with Crippen molar-refractivity contribution in [1.29, 1.82) is 0 Å². The van der Waals surface area contributed by atoms with Crippen molar-refractivity contribution < 1.29 is 14.0 Å². The molecule has 0 saturated heterocycles. The number of carbonyl (C=O) groups excluding carboxylic acids is 2. The summed E-state index contributed by atoms with van der Waals surface area (Å²) in [6.07, 6.45) is 2.29. The SMILES string of the molecule is NC(=O)CCN(Cc1ccccc1)C(=O)CCc1ncc(-c2ccccc2Cl)o1. The second-order valence-corrected chi connectivity index (χ2v) is 7.02. The lowest BCUT2D eigenvalue weighted by atomic mass is 10.2. The number of aromatic nitrogens is 1. The molecule has 3 aromatic rings. The van der Waals surface area contributed by atoms with Crippen LogP contribution in [0, 0.1) is 0 Å². The highest BCUT2D eigenvalue weighted by Gasteiger charge is 2.17. The average Bonchev–Trinajstić information content (AvgIpc) is 3.19. The molecule has 3 rings (SSSR count). The first-order chi connectivity index (χ1) is 14.0. The first kappa shape index (κ1) is 20.6. The Labute approximate surface area is 174 Å². The lowest BCUT2D eigenvalue weighted by Gasteiger charge is -2.22. The van der Waals surface area contributed by atoms with Crippen LogP contribution in [0.3, 0.4) is 0 Å². The Kier molecular flexibility index (Phi) is 7.03. The summed E-state index contributed by atoms with van der Waals surface area (Å²) >= 11 is 6.19. The van der Waals surface area contributed by atoms with Gasteiger partial charge in [0.15, 0.2) is 11.7 Å². The fourth-order valence-electron chi connectivity index (χ4n) is 2.92. The van der Waals surface area contributed by atoms with E-state index in [1.807, 2.05) is 48.5 Å². The Morgan fingerprint density at radius 2 is 1.76 bits per heavy atom. The summed E-state index contributed by atoms with van der Waals surface area (Å²) in [5.41, 5.74) is 7.00. The van der Waals surface area contributed by atoms with Crippen LogP contribution < -0.4 is 5.73 Å². The molecule has 29 heavy (non-hydrogen) atoms. The van der Waals surface area contributed by atoms with Gasteiger partial charge in [-0.1, -0.05) is 54.1 Å². The van der Waals surface area contributed by atoms with Crippen molar-refractivity contribution in [2.24, 2.45) is 5.73 Å². The number of rotatable bonds is 9. The second-order valence-electron chi connectivity index (χ2n) is 6.62. The van der Waals surface area contributed by atoms with Crippen LogP contribution in [0.1, 0.15) is 24.3 Å². The van der Waals surface area contributed by atoms with Crippen LogP contribution in [0.4, 0.5) is 0 Å². The number of amides is 2. The number of carbonyl (C=O) groups is 2. The smallest absolute Gasteiger partial charge is 0.223 e. The predicted molar refractivity (Wildman–Crippen MR) is 111 cm³/mol. The molecule has 0 bridgehead atoms. The van der Waals surface area contributed by atoms with Crippen LogP contribution in [0.2, 0.25) is 5.02 Å². The number of aryl methyl sites for hydroxylation is 1. The molecule has 0 aliphatic carbocycles. The Morgan fingerprint density at radius 1 is 1.03 bits per heavy atom. The Bertz CT molecular complexity index is 972. The van der Waals surface area contributed by atoms with Gasteiger partial charge in [-0.05, 0) is 17.7 Å². The third kappa shape index (κ3) is 5.93. The second kappa shape index (κ2) is 9.89. The molecule has 0 spiro atoms. The summed E-state index contributed by atoms with van der Waals surface area (Å²) in [6.45, 7) is 0.697. The van der Waals surface area contributed by atoms with Crippen LogP contribution in [0.25, 0.3) is 11.3 Å². The first-order valence-corrected chi connectivity index (χ1v) is 9.70. The van der Waals surface area contributed by atoms with Gasteiger partial charge in [-0.15, -0.1) is 0 Å². The molecule has 0 aliphatic heterocycles. The Morgan fingerprint density at radius 3 is 2.48 bits per heavy atom. The first-order valence-electron chi connectivity index (χ1n) is 9.32. The van der Waals surface area contributed by atoms with Crippen molar-refractivity contribution in [3.8, 4) is 11.3 Å². The summed E-state index contributed by atoms with van der Waals surface area (Å²) in [5, 5.41) is 0.576. The molecule has 6 nitrogen and oxygen atoms in total. The van der Waals surface area contributed by atoms with E-state index in [4.69, 9.17) is 21.8 Å². The van der Waals surface area contributed by atoms with E-state index in [1.54, 1.807) is 17.2 Å². The van der Waals surface area contributed by atoms with Gasteiger partial charge in [0.25, 0.3) is 0 Å². The average molecular weight is 412 g/mol. The third-order valence-electron chi connectivity index (χ3n) is 4.44. The molecular formula is C22H22ClN3O3. The molecule has 7 heteroatoms. The fourth-order valence-corrected chi connectivity index (χ4v) is 3.15. The number of benzene rings is 2. The van der Waals surface area contributed by atoms with E-state index >= 15 is 0 Å². The number of primary amides is 1. The summed E-state index contributed by atoms with van der Waals surface area (Å²) in [5.74, 6) is 0.497. The highest BCUT2D eigenvalue weighted by Crippen LogP contribution is 2.28. The molecular weight excluding hydrogens is 390 g/mol. The third-order valence-corrected chi connectivity index (χ3v) is 4.77. The van der Waals surface area contributed by atoms with Gasteiger partial charge in [-0.3, -0.25) is 9.59 Å². The van der Waals surface area contributed by atoms with Gasteiger partial charge < -0.3 is 15.1 Å². The van der Waals surface area contributed by atoms with E-state index < -0.39 is 5.91 Å². The fraction of sp³-hybridized carbons (Fsp3) is 0.227. The van der Waals surface area contributed by atoms with E-state index in [0.29, 0.717) is 29.6 Å². The van der Waals surface area contributed by atoms with Gasteiger partial charge in [0, 0.05) is 37.9 Å². The quantitative estimate of drug-likeness (QED) is 0.579. The predicted octanol–water partition coefficient (Wildman–Crippen LogP) is 3.83. The highest BCUT2D eigenvalue weighted by atomic mass is 35.5. The largest absolute Gasteiger partial charge is 0.441 e. The highest BCUT2D eigenvalue weighted by molar-refractivity contribution is 6.33. The van der Waals surface area contributed by atoms with E-state index in [0.717, 1.165) is 11.1 Å². The van der Waals surface area contributed by atoms with Crippen molar-refractivity contribution in [3.05, 3.63) is 77.3 Å². The molecule has 1 aromatic heterocycles. The maximum atomic E-state index is 12.7. The Balaban J connectivity index is 1.63. The summed E-state index contributed by atoms with van der Waals surface area (Å²) in [4.78, 5) is 29.8. The number of hydrogen-bond acceptors (Lipinski definition) is 4. The molecule has 0 radical (unpaired) electrons. The topological polar surface area (TPSA) is 89.4 Å². The molecule has 0 atom stereocenters. The van der Waals surface area contributed by atoms with Gasteiger partial charge >= 0.3 is 0 Å². The van der Waals surface area contributed by atoms with Crippen molar-refractivity contribution in [1.82, 2.24) is 9.88 Å². The Hall–Kier alpha value is -3.12. The normalized spacial score (nSPS) is 10.7. The molecule has 1 heterocycles. The molecule has 2 aromatic carbocycles. The summed E-state index contributed by atoms with van der Waals surface area (Å²) < 4.78 is 5.76. The van der Waals surface area contributed by atoms with Crippen LogP contribution in [-0.2, 0) is 22.6 Å². The van der Waals surface area contributed by atoms with Gasteiger partial charge in [0.1, 0.15) is 0 Å². The maximum Gasteiger partial charge on any atom is 0.223 e. The monoisotopic (exact) mass is 411 g/mol. The number of hydrogen-bond donors (Lipinski definition) is 1. The van der Waals surface area contributed by atoms with Gasteiger partial charge in [-0.2, -0.15) is 0 Å². The zero-order valence-corrected chi connectivity index (χ0v) is 16.6. The number of nitrogens with zero attached hydrogens (tertiary/aromatic N) is 2. The van der Waals surface area contributed by atoms with Crippen molar-refractivity contribution in [3.63, 3.8) is 0 Å². The number of halogens is 1. The van der Waals surface area contributed by atoms with Gasteiger partial charge in [-0.25, -0.2) is 4.98 Å². The van der Waals surface area contributed by atoms with Crippen molar-refractivity contribution >= 4 is 23.4 Å². The summed E-state index contributed by atoms with van der Waals surface area (Å²) in [6, 6.07) is 17.0. The van der Waals surface area contributed by atoms with E-state index in [9.17, 15) is 9.59 Å². The zero-order valence-electron chi connectivity index (χ0n) is 15.9. The van der Waals surface area contributed by atoms with Crippen LogP contribution in [0.5, 0.6) is 0 Å². The minimum Gasteiger partial charge on any atom is -0.441 e. The van der Waals surface area contributed by atoms with Crippen molar-refractivity contribution in [2.45, 2.75) is 25.8 Å². The standard InChI is InChI=1S/C22H22ClN3O3/c23-18-9-5-4-8-17(18)19-14-25-21(29-19)10-11-22(28)26(13-12-20(24)27)15-16-6-2-1-3-7-16/h1-9,14H,10-13,15H2,(H2,24,27). The van der Waals surface area contributed by atoms with Gasteiger partial charge in [0.2, 0.25) is 11.8 Å². The van der Waals surface area contributed by atoms with Gasteiger partial charge in [0.05, 0.1) is 11.2 Å². The number of nitrogens with two attached hydrogens (primary N) is 1. The molecule has 2 amide bonds. The van der Waals surface area contributed by atoms with E-state index in [1.165, 1.54) is 0 Å².